The topological polar surface area (TPSA) is 71.3 Å². The Morgan fingerprint density at radius 3 is 2.78 bits per heavy atom. The summed E-state index contributed by atoms with van der Waals surface area (Å²) in [6.45, 7) is 1.61. The lowest BCUT2D eigenvalue weighted by atomic mass is 9.84. The molecule has 1 fully saturated rings. The predicted octanol–water partition coefficient (Wildman–Crippen LogP) is 2.01. The minimum atomic E-state index is -0.119. The highest BCUT2D eigenvalue weighted by molar-refractivity contribution is 5.80. The summed E-state index contributed by atoms with van der Waals surface area (Å²) in [5.41, 5.74) is 1.86. The van der Waals surface area contributed by atoms with E-state index in [2.05, 4.69) is 10.1 Å². The Balaban J connectivity index is 1.43. The lowest BCUT2D eigenvalue weighted by molar-refractivity contribution is -0.141. The van der Waals surface area contributed by atoms with Crippen LogP contribution in [0.3, 0.4) is 0 Å². The largest absolute Gasteiger partial charge is 0.340 e. The van der Waals surface area contributed by atoms with Gasteiger partial charge in [-0.15, -0.1) is 0 Å². The standard InChI is InChI=1S/C20H25N5O2/c1-23(12-16-7-2-3-9-21-16)19(26)11-18-14-24(20(27)15-5-4-6-15)13-17-8-10-22-25(17)18/h2-3,7-10,15,18H,4-6,11-14H2,1H3. The maximum Gasteiger partial charge on any atom is 0.226 e. The molecule has 0 saturated heterocycles. The minimum absolute atomic E-state index is 0.0325. The monoisotopic (exact) mass is 367 g/mol. The van der Waals surface area contributed by atoms with Crippen molar-refractivity contribution in [3.63, 3.8) is 0 Å². The smallest absolute Gasteiger partial charge is 0.226 e. The third-order valence-corrected chi connectivity index (χ3v) is 5.61. The number of fused-ring (bicyclic) bond motifs is 1. The number of nitrogens with zero attached hydrogens (tertiary/aromatic N) is 5. The van der Waals surface area contributed by atoms with Crippen LogP contribution in [0.1, 0.15) is 43.1 Å². The van der Waals surface area contributed by atoms with Gasteiger partial charge in [0, 0.05) is 31.9 Å². The highest BCUT2D eigenvalue weighted by atomic mass is 16.2. The van der Waals surface area contributed by atoms with Crippen LogP contribution in [0.5, 0.6) is 0 Å². The zero-order chi connectivity index (χ0) is 18.8. The highest BCUT2D eigenvalue weighted by Gasteiger charge is 2.35. The van der Waals surface area contributed by atoms with E-state index in [1.54, 1.807) is 24.3 Å². The van der Waals surface area contributed by atoms with Gasteiger partial charge in [0.2, 0.25) is 11.8 Å². The van der Waals surface area contributed by atoms with E-state index < -0.39 is 0 Å². The van der Waals surface area contributed by atoms with Crippen LogP contribution in [0.2, 0.25) is 0 Å². The molecule has 2 amide bonds. The Morgan fingerprint density at radius 2 is 2.07 bits per heavy atom. The molecule has 1 aliphatic heterocycles. The molecule has 27 heavy (non-hydrogen) atoms. The molecule has 0 spiro atoms. The molecule has 0 N–H and O–H groups in total. The van der Waals surface area contributed by atoms with Crippen LogP contribution >= 0.6 is 0 Å². The minimum Gasteiger partial charge on any atom is -0.340 e. The van der Waals surface area contributed by atoms with Crippen LogP contribution in [-0.2, 0) is 22.7 Å². The average molecular weight is 367 g/mol. The normalized spacial score (nSPS) is 19.3. The fourth-order valence-corrected chi connectivity index (χ4v) is 3.80. The molecule has 1 saturated carbocycles. The maximum absolute atomic E-state index is 12.8. The summed E-state index contributed by atoms with van der Waals surface area (Å²) in [5.74, 6) is 0.431. The summed E-state index contributed by atoms with van der Waals surface area (Å²) >= 11 is 0. The Bertz CT molecular complexity index is 815. The van der Waals surface area contributed by atoms with Gasteiger partial charge in [-0.1, -0.05) is 12.5 Å². The second-order valence-electron chi connectivity index (χ2n) is 7.54. The van der Waals surface area contributed by atoms with E-state index in [4.69, 9.17) is 0 Å². The summed E-state index contributed by atoms with van der Waals surface area (Å²) in [6, 6.07) is 7.51. The maximum atomic E-state index is 12.8. The molecule has 0 aromatic carbocycles. The first-order chi connectivity index (χ1) is 13.1. The lowest BCUT2D eigenvalue weighted by Crippen LogP contribution is -2.46. The summed E-state index contributed by atoms with van der Waals surface area (Å²) < 4.78 is 1.91. The number of carbonyl (C=O) groups excluding carboxylic acids is 2. The van der Waals surface area contributed by atoms with E-state index in [-0.39, 0.29) is 23.8 Å². The van der Waals surface area contributed by atoms with Crippen LogP contribution < -0.4 is 0 Å². The molecule has 142 valence electrons. The van der Waals surface area contributed by atoms with Crippen LogP contribution in [0.25, 0.3) is 0 Å². The molecular weight excluding hydrogens is 342 g/mol. The molecule has 2 aromatic heterocycles. The molecular formula is C20H25N5O2. The van der Waals surface area contributed by atoms with Gasteiger partial charge in [-0.25, -0.2) is 0 Å². The summed E-state index contributed by atoms with van der Waals surface area (Å²) in [4.78, 5) is 33.4. The average Bonchev–Trinajstić information content (AvgIpc) is 3.10. The second kappa shape index (κ2) is 7.50. The Labute approximate surface area is 159 Å². The van der Waals surface area contributed by atoms with Gasteiger partial charge in [0.25, 0.3) is 0 Å². The van der Waals surface area contributed by atoms with E-state index >= 15 is 0 Å². The van der Waals surface area contributed by atoms with Gasteiger partial charge < -0.3 is 9.80 Å². The molecule has 7 nitrogen and oxygen atoms in total. The van der Waals surface area contributed by atoms with Gasteiger partial charge in [0.05, 0.1) is 36.9 Å². The molecule has 4 rings (SSSR count). The van der Waals surface area contributed by atoms with Crippen molar-refractivity contribution in [1.82, 2.24) is 24.6 Å². The Kier molecular flexibility index (Phi) is 4.92. The first-order valence-corrected chi connectivity index (χ1v) is 9.57. The zero-order valence-corrected chi connectivity index (χ0v) is 15.6. The van der Waals surface area contributed by atoms with E-state index in [9.17, 15) is 9.59 Å². The molecule has 2 aromatic rings. The third kappa shape index (κ3) is 3.72. The van der Waals surface area contributed by atoms with Crippen molar-refractivity contribution in [1.29, 1.82) is 0 Å². The molecule has 7 heteroatoms. The number of hydrogen-bond donors (Lipinski definition) is 0. The summed E-state index contributed by atoms with van der Waals surface area (Å²) in [6.07, 6.45) is 6.93. The number of pyridine rings is 1. The number of rotatable bonds is 5. The number of aromatic nitrogens is 3. The first kappa shape index (κ1) is 17.7. The van der Waals surface area contributed by atoms with Gasteiger partial charge >= 0.3 is 0 Å². The quantitative estimate of drug-likeness (QED) is 0.810. The van der Waals surface area contributed by atoms with Crippen molar-refractivity contribution in [2.75, 3.05) is 13.6 Å². The predicted molar refractivity (Wildman–Crippen MR) is 99.4 cm³/mol. The van der Waals surface area contributed by atoms with E-state index in [0.717, 1.165) is 30.7 Å². The molecule has 1 unspecified atom stereocenters. The SMILES string of the molecule is CN(Cc1ccccn1)C(=O)CC1CN(C(=O)C2CCC2)Cc2ccnn21. The molecule has 1 atom stereocenters. The van der Waals surface area contributed by atoms with Crippen LogP contribution in [0, 0.1) is 5.92 Å². The van der Waals surface area contributed by atoms with Crippen LogP contribution in [0.15, 0.2) is 36.7 Å². The van der Waals surface area contributed by atoms with Crippen molar-refractivity contribution in [3.05, 3.63) is 48.0 Å². The molecule has 0 bridgehead atoms. The van der Waals surface area contributed by atoms with Crippen LogP contribution in [-0.4, -0.2) is 50.0 Å². The number of hydrogen-bond acceptors (Lipinski definition) is 4. The van der Waals surface area contributed by atoms with E-state index in [1.165, 1.54) is 0 Å². The second-order valence-corrected chi connectivity index (χ2v) is 7.54. The molecule has 0 radical (unpaired) electrons. The highest BCUT2D eigenvalue weighted by Crippen LogP contribution is 2.31. The lowest BCUT2D eigenvalue weighted by Gasteiger charge is -2.38. The fourth-order valence-electron chi connectivity index (χ4n) is 3.80. The van der Waals surface area contributed by atoms with Gasteiger partial charge in [0.15, 0.2) is 0 Å². The Morgan fingerprint density at radius 1 is 1.22 bits per heavy atom. The summed E-state index contributed by atoms with van der Waals surface area (Å²) in [7, 11) is 1.79. The van der Waals surface area contributed by atoms with Crippen molar-refractivity contribution in [2.45, 2.75) is 44.8 Å². The van der Waals surface area contributed by atoms with Crippen molar-refractivity contribution >= 4 is 11.8 Å². The molecule has 1 aliphatic carbocycles. The van der Waals surface area contributed by atoms with Gasteiger partial charge in [-0.05, 0) is 31.0 Å². The zero-order valence-electron chi connectivity index (χ0n) is 15.6. The summed E-state index contributed by atoms with van der Waals surface area (Å²) in [5, 5.41) is 4.40. The third-order valence-electron chi connectivity index (χ3n) is 5.61. The number of carbonyl (C=O) groups is 2. The van der Waals surface area contributed by atoms with Gasteiger partial charge in [-0.2, -0.15) is 5.10 Å². The fraction of sp³-hybridized carbons (Fsp3) is 0.500. The number of amides is 2. The van der Waals surface area contributed by atoms with E-state index in [0.29, 0.717) is 26.1 Å². The first-order valence-electron chi connectivity index (χ1n) is 9.57. The van der Waals surface area contributed by atoms with Crippen LogP contribution in [0.4, 0.5) is 0 Å². The molecule has 3 heterocycles. The van der Waals surface area contributed by atoms with Crippen molar-refractivity contribution in [2.24, 2.45) is 5.92 Å². The van der Waals surface area contributed by atoms with Gasteiger partial charge in [0.1, 0.15) is 0 Å². The van der Waals surface area contributed by atoms with Crippen molar-refractivity contribution < 1.29 is 9.59 Å². The van der Waals surface area contributed by atoms with Gasteiger partial charge in [-0.3, -0.25) is 19.3 Å². The van der Waals surface area contributed by atoms with E-state index in [1.807, 2.05) is 33.8 Å². The molecule has 2 aliphatic rings. The Hall–Kier alpha value is -2.70. The van der Waals surface area contributed by atoms with Crippen molar-refractivity contribution in [3.8, 4) is 0 Å².